The molecule has 21 heavy (non-hydrogen) atoms. The molecule has 1 rings (SSSR count). The molecule has 4 heteroatoms. The zero-order chi connectivity index (χ0) is 15.9. The third-order valence-electron chi connectivity index (χ3n) is 3.63. The van der Waals surface area contributed by atoms with Crippen LogP contribution >= 0.6 is 0 Å². The van der Waals surface area contributed by atoms with Crippen LogP contribution in [0.5, 0.6) is 0 Å². The summed E-state index contributed by atoms with van der Waals surface area (Å²) in [6, 6.07) is 3.90. The number of hydrogen-bond donors (Lipinski definition) is 1. The molecule has 116 valence electrons. The maximum absolute atomic E-state index is 13.7. The number of unbranched alkanes of at least 4 members (excludes halogenated alkanes) is 2. The van der Waals surface area contributed by atoms with Gasteiger partial charge >= 0.3 is 0 Å². The van der Waals surface area contributed by atoms with E-state index in [1.807, 2.05) is 0 Å². The highest BCUT2D eigenvalue weighted by Gasteiger charge is 2.18. The van der Waals surface area contributed by atoms with Crippen molar-refractivity contribution in [3.63, 3.8) is 0 Å². The van der Waals surface area contributed by atoms with Gasteiger partial charge in [0.1, 0.15) is 11.6 Å². The van der Waals surface area contributed by atoms with Crippen LogP contribution in [-0.2, 0) is 6.54 Å². The van der Waals surface area contributed by atoms with Crippen molar-refractivity contribution in [2.24, 2.45) is 5.41 Å². The molecule has 0 saturated carbocycles. The first kappa shape index (κ1) is 17.6. The van der Waals surface area contributed by atoms with Crippen LogP contribution in [0.15, 0.2) is 12.1 Å². The smallest absolute Gasteiger partial charge is 0.131 e. The maximum Gasteiger partial charge on any atom is 0.131 e. The standard InChI is InChI=1S/C17H24F2N2/c1-4-5-6-7-17(2,3)12-21-11-14-15(18)8-13(10-20)9-16(14)19/h8-9,21H,4-7,11-12H2,1-3H3. The third kappa shape index (κ3) is 5.81. The van der Waals surface area contributed by atoms with Crippen LogP contribution in [-0.4, -0.2) is 6.54 Å². The first-order valence-corrected chi connectivity index (χ1v) is 7.48. The molecule has 2 nitrogen and oxygen atoms in total. The molecule has 0 spiro atoms. The highest BCUT2D eigenvalue weighted by molar-refractivity contribution is 5.34. The summed E-state index contributed by atoms with van der Waals surface area (Å²) in [6.45, 7) is 7.32. The van der Waals surface area contributed by atoms with Crippen molar-refractivity contribution in [3.05, 3.63) is 34.9 Å². The Hall–Kier alpha value is -1.47. The van der Waals surface area contributed by atoms with Crippen LogP contribution in [0, 0.1) is 28.4 Å². The average molecular weight is 294 g/mol. The molecule has 0 amide bonds. The van der Waals surface area contributed by atoms with Gasteiger partial charge in [-0.05, 0) is 24.0 Å². The van der Waals surface area contributed by atoms with E-state index < -0.39 is 11.6 Å². The van der Waals surface area contributed by atoms with E-state index in [2.05, 4.69) is 26.1 Å². The van der Waals surface area contributed by atoms with E-state index in [1.165, 1.54) is 19.3 Å². The molecule has 0 saturated heterocycles. The minimum atomic E-state index is -0.664. The summed E-state index contributed by atoms with van der Waals surface area (Å²) in [5, 5.41) is 11.8. The Kier molecular flexibility index (Phi) is 6.77. The van der Waals surface area contributed by atoms with Crippen LogP contribution < -0.4 is 5.32 Å². The van der Waals surface area contributed by atoms with Gasteiger partial charge in [0, 0.05) is 18.7 Å². The lowest BCUT2D eigenvalue weighted by atomic mass is 9.87. The molecule has 0 aliphatic carbocycles. The second-order valence-electron chi connectivity index (χ2n) is 6.26. The quantitative estimate of drug-likeness (QED) is 0.715. The number of halogens is 2. The molecule has 0 radical (unpaired) electrons. The molecule has 0 unspecified atom stereocenters. The van der Waals surface area contributed by atoms with E-state index in [0.29, 0.717) is 6.54 Å². The van der Waals surface area contributed by atoms with E-state index >= 15 is 0 Å². The lowest BCUT2D eigenvalue weighted by molar-refractivity contribution is 0.300. The predicted octanol–water partition coefficient (Wildman–Crippen LogP) is 4.53. The highest BCUT2D eigenvalue weighted by atomic mass is 19.1. The van der Waals surface area contributed by atoms with Gasteiger partial charge in [0.2, 0.25) is 0 Å². The van der Waals surface area contributed by atoms with E-state index in [0.717, 1.165) is 18.6 Å². The molecule has 0 atom stereocenters. The van der Waals surface area contributed by atoms with Gasteiger partial charge in [-0.2, -0.15) is 5.26 Å². The van der Waals surface area contributed by atoms with E-state index in [1.54, 1.807) is 6.07 Å². The Labute approximate surface area is 126 Å². The van der Waals surface area contributed by atoms with Crippen molar-refractivity contribution >= 4 is 0 Å². The van der Waals surface area contributed by atoms with Crippen LogP contribution in [0.25, 0.3) is 0 Å². The fraction of sp³-hybridized carbons (Fsp3) is 0.588. The normalized spacial score (nSPS) is 11.4. The summed E-state index contributed by atoms with van der Waals surface area (Å²) in [5.41, 5.74) is 0.112. The van der Waals surface area contributed by atoms with Crippen molar-refractivity contribution in [1.29, 1.82) is 5.26 Å². The fourth-order valence-corrected chi connectivity index (χ4v) is 2.30. The van der Waals surface area contributed by atoms with Crippen LogP contribution in [0.3, 0.4) is 0 Å². The molecule has 0 fully saturated rings. The molecule has 0 aliphatic rings. The second-order valence-corrected chi connectivity index (χ2v) is 6.26. The number of hydrogen-bond acceptors (Lipinski definition) is 2. The van der Waals surface area contributed by atoms with Crippen LogP contribution in [0.4, 0.5) is 8.78 Å². The highest BCUT2D eigenvalue weighted by Crippen LogP contribution is 2.23. The molecule has 0 bridgehead atoms. The molecule has 1 N–H and O–H groups in total. The fourth-order valence-electron chi connectivity index (χ4n) is 2.30. The van der Waals surface area contributed by atoms with E-state index in [4.69, 9.17) is 5.26 Å². The first-order chi connectivity index (χ1) is 9.89. The summed E-state index contributed by atoms with van der Waals surface area (Å²) in [5.74, 6) is -1.33. The summed E-state index contributed by atoms with van der Waals surface area (Å²) >= 11 is 0. The first-order valence-electron chi connectivity index (χ1n) is 7.48. The second kappa shape index (κ2) is 8.09. The van der Waals surface area contributed by atoms with E-state index in [9.17, 15) is 8.78 Å². The number of nitrogens with one attached hydrogen (secondary N) is 1. The topological polar surface area (TPSA) is 35.8 Å². The van der Waals surface area contributed by atoms with Gasteiger partial charge in [0.15, 0.2) is 0 Å². The Morgan fingerprint density at radius 2 is 1.81 bits per heavy atom. The van der Waals surface area contributed by atoms with Crippen molar-refractivity contribution in [1.82, 2.24) is 5.32 Å². The molecule has 0 aromatic heterocycles. The summed E-state index contributed by atoms with van der Waals surface area (Å²) < 4.78 is 27.5. The Morgan fingerprint density at radius 1 is 1.19 bits per heavy atom. The largest absolute Gasteiger partial charge is 0.312 e. The van der Waals surface area contributed by atoms with Gasteiger partial charge in [-0.1, -0.05) is 40.0 Å². The maximum atomic E-state index is 13.7. The van der Waals surface area contributed by atoms with Gasteiger partial charge in [-0.3, -0.25) is 0 Å². The summed E-state index contributed by atoms with van der Waals surface area (Å²) in [7, 11) is 0. The number of nitriles is 1. The SMILES string of the molecule is CCCCCC(C)(C)CNCc1c(F)cc(C#N)cc1F. The van der Waals surface area contributed by atoms with Crippen LogP contribution in [0.2, 0.25) is 0 Å². The monoisotopic (exact) mass is 294 g/mol. The van der Waals surface area contributed by atoms with Gasteiger partial charge in [0.25, 0.3) is 0 Å². The van der Waals surface area contributed by atoms with Crippen molar-refractivity contribution in [2.75, 3.05) is 6.54 Å². The van der Waals surface area contributed by atoms with Crippen molar-refractivity contribution < 1.29 is 8.78 Å². The summed E-state index contributed by atoms with van der Waals surface area (Å²) in [4.78, 5) is 0. The van der Waals surface area contributed by atoms with Gasteiger partial charge < -0.3 is 5.32 Å². The lowest BCUT2D eigenvalue weighted by Gasteiger charge is -2.25. The Bertz CT molecular complexity index is 481. The molecule has 0 aliphatic heterocycles. The molecule has 1 aromatic carbocycles. The summed E-state index contributed by atoms with van der Waals surface area (Å²) in [6.07, 6.45) is 4.66. The van der Waals surface area contributed by atoms with Gasteiger partial charge in [0.05, 0.1) is 11.6 Å². The number of rotatable bonds is 8. The third-order valence-corrected chi connectivity index (χ3v) is 3.63. The minimum Gasteiger partial charge on any atom is -0.312 e. The zero-order valence-corrected chi connectivity index (χ0v) is 13.1. The number of benzene rings is 1. The van der Waals surface area contributed by atoms with Crippen molar-refractivity contribution in [3.8, 4) is 6.07 Å². The Balaban J connectivity index is 2.54. The molecular weight excluding hydrogens is 270 g/mol. The predicted molar refractivity (Wildman–Crippen MR) is 80.7 cm³/mol. The molecule has 0 heterocycles. The lowest BCUT2D eigenvalue weighted by Crippen LogP contribution is -2.29. The number of nitrogens with zero attached hydrogens (tertiary/aromatic N) is 1. The van der Waals surface area contributed by atoms with Crippen LogP contribution in [0.1, 0.15) is 57.6 Å². The van der Waals surface area contributed by atoms with Gasteiger partial charge in [-0.15, -0.1) is 0 Å². The van der Waals surface area contributed by atoms with E-state index in [-0.39, 0.29) is 23.1 Å². The average Bonchev–Trinajstić information content (AvgIpc) is 2.41. The zero-order valence-electron chi connectivity index (χ0n) is 13.1. The van der Waals surface area contributed by atoms with Crippen molar-refractivity contribution in [2.45, 2.75) is 53.0 Å². The van der Waals surface area contributed by atoms with Gasteiger partial charge in [-0.25, -0.2) is 8.78 Å². The minimum absolute atomic E-state index is 0.00152. The molecular formula is C17H24F2N2. The Morgan fingerprint density at radius 3 is 2.33 bits per heavy atom. The molecule has 1 aromatic rings.